The van der Waals surface area contributed by atoms with Crippen LogP contribution >= 0.6 is 0 Å². The van der Waals surface area contributed by atoms with E-state index in [4.69, 9.17) is 0 Å². The lowest BCUT2D eigenvalue weighted by atomic mass is 10.1. The molecule has 0 bridgehead atoms. The molecule has 2 aromatic heterocycles. The summed E-state index contributed by atoms with van der Waals surface area (Å²) in [6.07, 6.45) is 1.57. The van der Waals surface area contributed by atoms with E-state index >= 15 is 0 Å². The molecule has 0 aliphatic heterocycles. The summed E-state index contributed by atoms with van der Waals surface area (Å²) in [5, 5.41) is 3.42. The van der Waals surface area contributed by atoms with Crippen LogP contribution in [0.5, 0.6) is 0 Å². The van der Waals surface area contributed by atoms with Crippen molar-refractivity contribution in [2.45, 2.75) is 6.54 Å². The van der Waals surface area contributed by atoms with Gasteiger partial charge in [-0.3, -0.25) is 14.2 Å². The van der Waals surface area contributed by atoms with E-state index in [9.17, 15) is 14.0 Å². The Morgan fingerprint density at radius 3 is 2.74 bits per heavy atom. The second-order valence-electron chi connectivity index (χ2n) is 6.67. The SMILES string of the molecule is C[NH+](C)CCNC(=O)c1cc2cccnc2n(Cc2ccccc2F)c1=O. The van der Waals surface area contributed by atoms with Crippen LogP contribution in [0.3, 0.4) is 0 Å². The summed E-state index contributed by atoms with van der Waals surface area (Å²) >= 11 is 0. The van der Waals surface area contributed by atoms with Crippen LogP contribution in [0.25, 0.3) is 11.0 Å². The van der Waals surface area contributed by atoms with Crippen molar-refractivity contribution in [3.63, 3.8) is 0 Å². The summed E-state index contributed by atoms with van der Waals surface area (Å²) in [5.41, 5.74) is 0.320. The molecule has 7 heteroatoms. The number of nitrogens with zero attached hydrogens (tertiary/aromatic N) is 2. The molecular weight excluding hydrogens is 347 g/mol. The van der Waals surface area contributed by atoms with E-state index in [0.717, 1.165) is 6.54 Å². The molecule has 0 radical (unpaired) electrons. The number of nitrogens with one attached hydrogen (secondary N) is 2. The first-order valence-corrected chi connectivity index (χ1v) is 8.76. The number of benzene rings is 1. The van der Waals surface area contributed by atoms with E-state index in [1.54, 1.807) is 42.6 Å². The molecule has 140 valence electrons. The number of carbonyl (C=O) groups excluding carboxylic acids is 1. The summed E-state index contributed by atoms with van der Waals surface area (Å²) in [5.74, 6) is -0.841. The largest absolute Gasteiger partial charge is 0.346 e. The fourth-order valence-corrected chi connectivity index (χ4v) is 2.83. The maximum atomic E-state index is 14.1. The van der Waals surface area contributed by atoms with Gasteiger partial charge in [0.05, 0.1) is 33.7 Å². The van der Waals surface area contributed by atoms with E-state index in [1.165, 1.54) is 15.5 Å². The minimum absolute atomic E-state index is 0.00197. The molecule has 1 aromatic carbocycles. The van der Waals surface area contributed by atoms with Gasteiger partial charge in [0, 0.05) is 17.1 Å². The highest BCUT2D eigenvalue weighted by Gasteiger charge is 2.17. The van der Waals surface area contributed by atoms with Gasteiger partial charge in [-0.05, 0) is 24.3 Å². The number of hydrogen-bond acceptors (Lipinski definition) is 3. The van der Waals surface area contributed by atoms with E-state index in [2.05, 4.69) is 10.3 Å². The lowest BCUT2D eigenvalue weighted by Gasteiger charge is -2.13. The highest BCUT2D eigenvalue weighted by Crippen LogP contribution is 2.14. The molecule has 0 atom stereocenters. The number of amides is 1. The molecule has 3 aromatic rings. The fourth-order valence-electron chi connectivity index (χ4n) is 2.83. The van der Waals surface area contributed by atoms with Crippen LogP contribution in [0, 0.1) is 5.82 Å². The van der Waals surface area contributed by atoms with Gasteiger partial charge in [-0.1, -0.05) is 18.2 Å². The van der Waals surface area contributed by atoms with Gasteiger partial charge in [-0.25, -0.2) is 9.37 Å². The van der Waals surface area contributed by atoms with Gasteiger partial charge < -0.3 is 10.2 Å². The molecule has 6 nitrogen and oxygen atoms in total. The molecule has 1 amide bonds. The number of quaternary nitrogens is 1. The van der Waals surface area contributed by atoms with Crippen LogP contribution in [0.2, 0.25) is 0 Å². The highest BCUT2D eigenvalue weighted by molar-refractivity contribution is 5.96. The van der Waals surface area contributed by atoms with Gasteiger partial charge >= 0.3 is 0 Å². The monoisotopic (exact) mass is 369 g/mol. The molecule has 0 aliphatic carbocycles. The third kappa shape index (κ3) is 4.20. The van der Waals surface area contributed by atoms with Crippen molar-refractivity contribution in [3.05, 3.63) is 76.0 Å². The zero-order valence-electron chi connectivity index (χ0n) is 15.3. The topological polar surface area (TPSA) is 68.4 Å². The van der Waals surface area contributed by atoms with Crippen molar-refractivity contribution < 1.29 is 14.1 Å². The van der Waals surface area contributed by atoms with Crippen molar-refractivity contribution in [1.29, 1.82) is 0 Å². The summed E-state index contributed by atoms with van der Waals surface area (Å²) in [6, 6.07) is 11.3. The molecule has 0 spiro atoms. The smallest absolute Gasteiger partial charge is 0.265 e. The molecule has 2 N–H and O–H groups in total. The Hall–Kier alpha value is -3.06. The lowest BCUT2D eigenvalue weighted by molar-refractivity contribution is -0.856. The summed E-state index contributed by atoms with van der Waals surface area (Å²) in [4.78, 5) is 31.0. The Morgan fingerprint density at radius 2 is 2.00 bits per heavy atom. The zero-order chi connectivity index (χ0) is 19.4. The van der Waals surface area contributed by atoms with E-state index < -0.39 is 17.3 Å². The third-order valence-electron chi connectivity index (χ3n) is 4.29. The van der Waals surface area contributed by atoms with Crippen LogP contribution in [-0.2, 0) is 6.54 Å². The molecule has 0 unspecified atom stereocenters. The summed E-state index contributed by atoms with van der Waals surface area (Å²) in [6.45, 7) is 1.20. The third-order valence-corrected chi connectivity index (χ3v) is 4.29. The van der Waals surface area contributed by atoms with Crippen molar-refractivity contribution in [1.82, 2.24) is 14.9 Å². The molecule has 27 heavy (non-hydrogen) atoms. The Morgan fingerprint density at radius 1 is 1.22 bits per heavy atom. The highest BCUT2D eigenvalue weighted by atomic mass is 19.1. The van der Waals surface area contributed by atoms with E-state index in [0.29, 0.717) is 23.1 Å². The molecule has 0 saturated heterocycles. The second-order valence-corrected chi connectivity index (χ2v) is 6.67. The minimum atomic E-state index is -0.487. The van der Waals surface area contributed by atoms with Gasteiger partial charge in [0.2, 0.25) is 0 Å². The van der Waals surface area contributed by atoms with Crippen LogP contribution in [0.1, 0.15) is 15.9 Å². The van der Waals surface area contributed by atoms with Crippen LogP contribution < -0.4 is 15.8 Å². The normalized spacial score (nSPS) is 11.1. The van der Waals surface area contributed by atoms with Crippen molar-refractivity contribution in [3.8, 4) is 0 Å². The number of aromatic nitrogens is 2. The Balaban J connectivity index is 2.04. The van der Waals surface area contributed by atoms with Crippen LogP contribution in [0.15, 0.2) is 53.5 Å². The number of carbonyl (C=O) groups is 1. The van der Waals surface area contributed by atoms with Gasteiger partial charge in [0.1, 0.15) is 17.0 Å². The molecule has 0 fully saturated rings. The second kappa shape index (κ2) is 8.09. The molecular formula is C20H22FN4O2+. The average molecular weight is 369 g/mol. The fraction of sp³-hybridized carbons (Fsp3) is 0.250. The van der Waals surface area contributed by atoms with Crippen molar-refractivity contribution in [2.75, 3.05) is 27.2 Å². The van der Waals surface area contributed by atoms with Crippen molar-refractivity contribution in [2.24, 2.45) is 0 Å². The predicted molar refractivity (Wildman–Crippen MR) is 102 cm³/mol. The van der Waals surface area contributed by atoms with Crippen LogP contribution in [-0.4, -0.2) is 42.6 Å². The quantitative estimate of drug-likeness (QED) is 0.663. The maximum absolute atomic E-state index is 14.1. The van der Waals surface area contributed by atoms with Gasteiger partial charge in [-0.15, -0.1) is 0 Å². The molecule has 2 heterocycles. The van der Waals surface area contributed by atoms with Gasteiger partial charge in [0.25, 0.3) is 11.5 Å². The minimum Gasteiger partial charge on any atom is -0.346 e. The number of likely N-dealkylation sites (N-methyl/N-ethyl adjacent to an activating group) is 1. The van der Waals surface area contributed by atoms with Crippen molar-refractivity contribution >= 4 is 16.9 Å². The molecule has 0 aliphatic rings. The first-order valence-electron chi connectivity index (χ1n) is 8.76. The number of rotatable bonds is 6. The number of pyridine rings is 2. The Kier molecular flexibility index (Phi) is 5.61. The number of fused-ring (bicyclic) bond motifs is 1. The molecule has 0 saturated carbocycles. The first kappa shape index (κ1) is 18.7. The number of halogens is 1. The lowest BCUT2D eigenvalue weighted by Crippen LogP contribution is -3.06. The predicted octanol–water partition coefficient (Wildman–Crippen LogP) is 0.458. The molecule has 3 rings (SSSR count). The zero-order valence-corrected chi connectivity index (χ0v) is 15.3. The Labute approximate surface area is 156 Å². The van der Waals surface area contributed by atoms with Gasteiger partial charge in [-0.2, -0.15) is 0 Å². The van der Waals surface area contributed by atoms with Gasteiger partial charge in [0.15, 0.2) is 0 Å². The van der Waals surface area contributed by atoms with E-state index in [1.807, 2.05) is 14.1 Å². The average Bonchev–Trinajstić information content (AvgIpc) is 2.65. The Bertz CT molecular complexity index is 1030. The first-order chi connectivity index (χ1) is 13.0. The standard InChI is InChI=1S/C20H21FN4O2/c1-24(2)11-10-23-19(26)16-12-14-7-5-9-22-18(14)25(20(16)27)13-15-6-3-4-8-17(15)21/h3-9,12H,10-11,13H2,1-2H3,(H,23,26)/p+1. The maximum Gasteiger partial charge on any atom is 0.265 e. The van der Waals surface area contributed by atoms with Crippen LogP contribution in [0.4, 0.5) is 4.39 Å². The van der Waals surface area contributed by atoms with E-state index in [-0.39, 0.29) is 12.1 Å². The number of hydrogen-bond donors (Lipinski definition) is 2. The summed E-state index contributed by atoms with van der Waals surface area (Å²) < 4.78 is 15.4. The summed E-state index contributed by atoms with van der Waals surface area (Å²) in [7, 11) is 3.96.